The highest BCUT2D eigenvalue weighted by Gasteiger charge is 2.38. The van der Waals surface area contributed by atoms with Crippen molar-refractivity contribution < 1.29 is 35.8 Å². The Labute approximate surface area is 172 Å². The number of piperidine rings is 1. The van der Waals surface area contributed by atoms with Crippen molar-refractivity contribution in [2.24, 2.45) is 5.92 Å². The van der Waals surface area contributed by atoms with Gasteiger partial charge in [-0.3, -0.25) is 0 Å². The van der Waals surface area contributed by atoms with Crippen LogP contribution in [0.4, 0.5) is 13.2 Å². The third-order valence-electron chi connectivity index (χ3n) is 5.20. The smallest absolute Gasteiger partial charge is 0.457 e. The fourth-order valence-corrected chi connectivity index (χ4v) is 5.25. The molecule has 6 nitrogen and oxygen atoms in total. The van der Waals surface area contributed by atoms with Gasteiger partial charge in [0.15, 0.2) is 0 Å². The summed E-state index contributed by atoms with van der Waals surface area (Å²) in [5, 5.41) is 0. The lowest BCUT2D eigenvalue weighted by Gasteiger charge is -2.33. The van der Waals surface area contributed by atoms with Crippen LogP contribution in [0.15, 0.2) is 53.4 Å². The van der Waals surface area contributed by atoms with Crippen LogP contribution in [0, 0.1) is 5.92 Å². The van der Waals surface area contributed by atoms with Crippen molar-refractivity contribution in [1.82, 2.24) is 4.31 Å². The first kappa shape index (κ1) is 21.0. The molecule has 4 rings (SSSR count). The van der Waals surface area contributed by atoms with Crippen molar-refractivity contribution in [1.29, 1.82) is 0 Å². The minimum Gasteiger partial charge on any atom is -0.457 e. The van der Waals surface area contributed by atoms with Gasteiger partial charge in [0, 0.05) is 25.6 Å². The van der Waals surface area contributed by atoms with E-state index in [1.165, 1.54) is 40.7 Å². The van der Waals surface area contributed by atoms with Gasteiger partial charge in [0.2, 0.25) is 10.0 Å². The molecule has 2 atom stereocenters. The van der Waals surface area contributed by atoms with E-state index < -0.39 is 16.4 Å². The Morgan fingerprint density at radius 3 is 2.17 bits per heavy atom. The van der Waals surface area contributed by atoms with Gasteiger partial charge in [-0.15, -0.1) is 13.2 Å². The monoisotopic (exact) mass is 443 g/mol. The van der Waals surface area contributed by atoms with Crippen molar-refractivity contribution in [2.75, 3.05) is 19.7 Å². The first-order valence-corrected chi connectivity index (χ1v) is 10.9. The molecular weight excluding hydrogens is 423 g/mol. The molecule has 2 unspecified atom stereocenters. The molecule has 2 aromatic carbocycles. The predicted molar refractivity (Wildman–Crippen MR) is 101 cm³/mol. The zero-order chi connectivity index (χ0) is 21.4. The van der Waals surface area contributed by atoms with Crippen molar-refractivity contribution >= 4 is 10.0 Å². The Kier molecular flexibility index (Phi) is 5.65. The summed E-state index contributed by atoms with van der Waals surface area (Å²) in [6, 6.07) is 10.9. The number of halogens is 3. The van der Waals surface area contributed by atoms with Crippen LogP contribution in [0.2, 0.25) is 0 Å². The number of nitrogens with zero attached hydrogens (tertiary/aromatic N) is 1. The molecule has 10 heteroatoms. The molecule has 0 aliphatic carbocycles. The number of fused-ring (bicyclic) bond motifs is 1. The average molecular weight is 443 g/mol. The van der Waals surface area contributed by atoms with E-state index in [2.05, 4.69) is 4.74 Å². The second-order valence-electron chi connectivity index (χ2n) is 7.20. The summed E-state index contributed by atoms with van der Waals surface area (Å²) in [6.45, 7) is 1.56. The van der Waals surface area contributed by atoms with Crippen LogP contribution in [0.25, 0.3) is 0 Å². The Bertz CT molecular complexity index is 977. The van der Waals surface area contributed by atoms with Gasteiger partial charge in [0.25, 0.3) is 0 Å². The molecule has 2 aliphatic rings. The van der Waals surface area contributed by atoms with E-state index in [9.17, 15) is 21.6 Å². The SMILES string of the molecule is O=S(=O)(c1ccc(Oc2ccc(OC(F)(F)F)cc2)cc1)N1CCC2OCCC2C1. The largest absolute Gasteiger partial charge is 0.573 e. The molecule has 2 fully saturated rings. The molecule has 0 radical (unpaired) electrons. The number of hydrogen-bond donors (Lipinski definition) is 0. The van der Waals surface area contributed by atoms with Crippen LogP contribution in [0.3, 0.4) is 0 Å². The van der Waals surface area contributed by atoms with Gasteiger partial charge >= 0.3 is 6.36 Å². The molecule has 0 saturated carbocycles. The Balaban J connectivity index is 1.41. The number of alkyl halides is 3. The summed E-state index contributed by atoms with van der Waals surface area (Å²) in [5.41, 5.74) is 0. The van der Waals surface area contributed by atoms with Crippen LogP contribution >= 0.6 is 0 Å². The second kappa shape index (κ2) is 8.09. The summed E-state index contributed by atoms with van der Waals surface area (Å²) >= 11 is 0. The first-order valence-electron chi connectivity index (χ1n) is 9.46. The zero-order valence-corrected chi connectivity index (χ0v) is 16.7. The average Bonchev–Trinajstić information content (AvgIpc) is 3.17. The summed E-state index contributed by atoms with van der Waals surface area (Å²) in [6.07, 6.45) is -3.04. The summed E-state index contributed by atoms with van der Waals surface area (Å²) in [7, 11) is -3.61. The second-order valence-corrected chi connectivity index (χ2v) is 9.14. The third-order valence-corrected chi connectivity index (χ3v) is 7.08. The molecule has 0 bridgehead atoms. The van der Waals surface area contributed by atoms with Crippen LogP contribution < -0.4 is 9.47 Å². The molecule has 0 aromatic heterocycles. The van der Waals surface area contributed by atoms with Gasteiger partial charge in [-0.05, 0) is 61.4 Å². The molecule has 30 heavy (non-hydrogen) atoms. The number of hydrogen-bond acceptors (Lipinski definition) is 5. The maximum Gasteiger partial charge on any atom is 0.573 e. The number of rotatable bonds is 5. The van der Waals surface area contributed by atoms with Crippen LogP contribution in [0.1, 0.15) is 12.8 Å². The van der Waals surface area contributed by atoms with Gasteiger partial charge in [0.05, 0.1) is 11.0 Å². The van der Waals surface area contributed by atoms with E-state index in [0.29, 0.717) is 37.6 Å². The van der Waals surface area contributed by atoms with E-state index in [-0.39, 0.29) is 22.7 Å². The number of benzene rings is 2. The molecule has 2 saturated heterocycles. The molecule has 2 heterocycles. The third kappa shape index (κ3) is 4.71. The van der Waals surface area contributed by atoms with Gasteiger partial charge in [-0.1, -0.05) is 0 Å². The highest BCUT2D eigenvalue weighted by Crippen LogP contribution is 2.32. The van der Waals surface area contributed by atoms with Crippen LogP contribution in [0.5, 0.6) is 17.2 Å². The van der Waals surface area contributed by atoms with Gasteiger partial charge < -0.3 is 14.2 Å². The fourth-order valence-electron chi connectivity index (χ4n) is 3.74. The van der Waals surface area contributed by atoms with E-state index in [0.717, 1.165) is 18.6 Å². The number of ether oxygens (including phenoxy) is 3. The quantitative estimate of drug-likeness (QED) is 0.694. The lowest BCUT2D eigenvalue weighted by Crippen LogP contribution is -2.44. The van der Waals surface area contributed by atoms with Gasteiger partial charge in [-0.25, -0.2) is 8.42 Å². The molecule has 0 N–H and O–H groups in total. The molecule has 162 valence electrons. The minimum atomic E-state index is -4.76. The molecular formula is C20H20F3NO5S. The maximum absolute atomic E-state index is 12.9. The fraction of sp³-hybridized carbons (Fsp3) is 0.400. The standard InChI is InChI=1S/C20H20F3NO5S/c21-20(22,23)29-17-3-1-15(2-4-17)28-16-5-7-18(8-6-16)30(25,26)24-11-9-19-14(13-24)10-12-27-19/h1-8,14,19H,9-13H2. The van der Waals surface area contributed by atoms with Crippen molar-refractivity contribution in [3.8, 4) is 17.2 Å². The van der Waals surface area contributed by atoms with Crippen molar-refractivity contribution in [3.05, 3.63) is 48.5 Å². The molecule has 2 aromatic rings. The predicted octanol–water partition coefficient (Wildman–Crippen LogP) is 4.18. The summed E-state index contributed by atoms with van der Waals surface area (Å²) in [4.78, 5) is 0.168. The number of sulfonamides is 1. The van der Waals surface area contributed by atoms with Crippen LogP contribution in [-0.4, -0.2) is 44.9 Å². The lowest BCUT2D eigenvalue weighted by atomic mass is 9.96. The first-order chi connectivity index (χ1) is 14.2. The minimum absolute atomic E-state index is 0.153. The maximum atomic E-state index is 12.9. The van der Waals surface area contributed by atoms with E-state index in [1.54, 1.807) is 0 Å². The van der Waals surface area contributed by atoms with Crippen LogP contribution in [-0.2, 0) is 14.8 Å². The molecule has 0 amide bonds. The van der Waals surface area contributed by atoms with Crippen molar-refractivity contribution in [2.45, 2.75) is 30.2 Å². The Morgan fingerprint density at radius 2 is 1.53 bits per heavy atom. The Hall–Kier alpha value is -2.30. The molecule has 2 aliphatic heterocycles. The summed E-state index contributed by atoms with van der Waals surface area (Å²) in [5.74, 6) is 0.540. The van der Waals surface area contributed by atoms with E-state index in [1.807, 2.05) is 0 Å². The van der Waals surface area contributed by atoms with Gasteiger partial charge in [-0.2, -0.15) is 4.31 Å². The zero-order valence-electron chi connectivity index (χ0n) is 15.8. The van der Waals surface area contributed by atoms with Gasteiger partial charge in [0.1, 0.15) is 17.2 Å². The molecule has 0 spiro atoms. The van der Waals surface area contributed by atoms with Crippen molar-refractivity contribution in [3.63, 3.8) is 0 Å². The van der Waals surface area contributed by atoms with E-state index in [4.69, 9.17) is 9.47 Å². The van der Waals surface area contributed by atoms with E-state index >= 15 is 0 Å². The topological polar surface area (TPSA) is 65.1 Å². The lowest BCUT2D eigenvalue weighted by molar-refractivity contribution is -0.274. The summed E-state index contributed by atoms with van der Waals surface area (Å²) < 4.78 is 79.0. The highest BCUT2D eigenvalue weighted by molar-refractivity contribution is 7.89. The normalized spacial score (nSPS) is 22.5. The Morgan fingerprint density at radius 1 is 0.933 bits per heavy atom. The highest BCUT2D eigenvalue weighted by atomic mass is 32.2.